The minimum absolute atomic E-state index is 0.227. The maximum Gasteiger partial charge on any atom is 0.416 e. The molecule has 0 bridgehead atoms. The summed E-state index contributed by atoms with van der Waals surface area (Å²) in [6.45, 7) is 5.93. The first-order valence-corrected chi connectivity index (χ1v) is 8.55. The Kier molecular flexibility index (Phi) is 4.74. The van der Waals surface area contributed by atoms with Crippen LogP contribution < -0.4 is 0 Å². The van der Waals surface area contributed by atoms with Gasteiger partial charge in [-0.1, -0.05) is 29.1 Å². The van der Waals surface area contributed by atoms with E-state index in [1.54, 1.807) is 4.68 Å². The fraction of sp³-hybridized carbons (Fsp3) is 0.400. The van der Waals surface area contributed by atoms with E-state index < -0.39 is 11.7 Å². The van der Waals surface area contributed by atoms with E-state index in [9.17, 15) is 13.2 Å². The van der Waals surface area contributed by atoms with Crippen molar-refractivity contribution >= 4 is 11.8 Å². The summed E-state index contributed by atoms with van der Waals surface area (Å²) in [5.74, 6) is 0.891. The smallest absolute Gasteiger partial charge is 0.338 e. The zero-order valence-electron chi connectivity index (χ0n) is 14.2. The van der Waals surface area contributed by atoms with E-state index in [2.05, 4.69) is 25.7 Å². The molecule has 0 aliphatic heterocycles. The Morgan fingerprint density at radius 3 is 2.42 bits per heavy atom. The average molecular weight is 384 g/mol. The Morgan fingerprint density at radius 2 is 1.81 bits per heavy atom. The first kappa shape index (κ1) is 18.4. The summed E-state index contributed by atoms with van der Waals surface area (Å²) in [7, 11) is 0. The molecule has 0 saturated carbocycles. The van der Waals surface area contributed by atoms with Crippen LogP contribution in [-0.4, -0.2) is 30.3 Å². The lowest BCUT2D eigenvalue weighted by Crippen LogP contribution is -2.24. The molecule has 3 rings (SSSR count). The summed E-state index contributed by atoms with van der Waals surface area (Å²) in [5.41, 5.74) is -0.557. The van der Waals surface area contributed by atoms with E-state index in [1.165, 1.54) is 23.9 Å². The number of halogens is 3. The highest BCUT2D eigenvalue weighted by Gasteiger charge is 2.30. The maximum atomic E-state index is 12.6. The lowest BCUT2D eigenvalue weighted by molar-refractivity contribution is -0.137. The Balaban J connectivity index is 1.70. The fourth-order valence-electron chi connectivity index (χ4n) is 2.06. The molecule has 0 amide bonds. The summed E-state index contributed by atoms with van der Waals surface area (Å²) in [6, 6.07) is 4.59. The zero-order valence-corrected chi connectivity index (χ0v) is 15.0. The number of hydrogen-bond donors (Lipinski definition) is 0. The molecule has 0 aliphatic carbocycles. The van der Waals surface area contributed by atoms with Crippen molar-refractivity contribution in [1.29, 1.82) is 0 Å². The molecule has 0 atom stereocenters. The van der Waals surface area contributed by atoms with Gasteiger partial charge in [0.25, 0.3) is 0 Å². The van der Waals surface area contributed by atoms with Crippen molar-refractivity contribution in [3.8, 4) is 11.4 Å². The molecule has 0 aliphatic rings. The third-order valence-electron chi connectivity index (χ3n) is 3.34. The third-order valence-corrected chi connectivity index (χ3v) is 4.24. The molecule has 0 radical (unpaired) electrons. The van der Waals surface area contributed by atoms with E-state index in [-0.39, 0.29) is 11.4 Å². The van der Waals surface area contributed by atoms with Crippen molar-refractivity contribution in [2.75, 3.05) is 0 Å². The van der Waals surface area contributed by atoms with Gasteiger partial charge in [0.1, 0.15) is 0 Å². The molecule has 11 heteroatoms. The van der Waals surface area contributed by atoms with Crippen molar-refractivity contribution < 1.29 is 17.7 Å². The highest BCUT2D eigenvalue weighted by molar-refractivity contribution is 7.98. The average Bonchev–Trinajstić information content (AvgIpc) is 3.21. The molecular formula is C15H15F3N6OS. The number of tetrazole rings is 1. The van der Waals surface area contributed by atoms with Gasteiger partial charge in [0.15, 0.2) is 0 Å². The largest absolute Gasteiger partial charge is 0.416 e. The zero-order chi connectivity index (χ0) is 18.9. The number of benzene rings is 1. The van der Waals surface area contributed by atoms with Gasteiger partial charge in [0.05, 0.1) is 16.9 Å². The number of rotatable bonds is 4. The maximum absolute atomic E-state index is 12.6. The van der Waals surface area contributed by atoms with Gasteiger partial charge in [0.2, 0.25) is 16.9 Å². The number of hydrogen-bond acceptors (Lipinski definition) is 7. The van der Waals surface area contributed by atoms with E-state index >= 15 is 0 Å². The second-order valence-corrected chi connectivity index (χ2v) is 7.36. The van der Waals surface area contributed by atoms with Gasteiger partial charge in [-0.3, -0.25) is 0 Å². The standard InChI is InChI=1S/C15H15F3N6OS/c1-14(2,3)24-13(20-22-23-24)26-8-11-19-12(21-25-11)9-4-6-10(7-5-9)15(16,17)18/h4-7H,8H2,1-3H3. The molecule has 138 valence electrons. The first-order chi connectivity index (χ1) is 12.1. The predicted octanol–water partition coefficient (Wildman–Crippen LogP) is 3.79. The van der Waals surface area contributed by atoms with Crippen LogP contribution in [0.4, 0.5) is 13.2 Å². The minimum atomic E-state index is -4.38. The Morgan fingerprint density at radius 1 is 1.12 bits per heavy atom. The van der Waals surface area contributed by atoms with Crippen LogP contribution in [0.5, 0.6) is 0 Å². The lowest BCUT2D eigenvalue weighted by atomic mass is 10.1. The number of alkyl halides is 3. The van der Waals surface area contributed by atoms with Gasteiger partial charge in [0, 0.05) is 5.56 Å². The van der Waals surface area contributed by atoms with Gasteiger partial charge in [-0.2, -0.15) is 18.2 Å². The van der Waals surface area contributed by atoms with Gasteiger partial charge in [-0.05, 0) is 43.3 Å². The number of thioether (sulfide) groups is 1. The normalized spacial score (nSPS) is 12.5. The van der Waals surface area contributed by atoms with Crippen LogP contribution >= 0.6 is 11.8 Å². The molecule has 0 unspecified atom stereocenters. The van der Waals surface area contributed by atoms with E-state index in [0.717, 1.165) is 12.1 Å². The van der Waals surface area contributed by atoms with Gasteiger partial charge in [-0.15, -0.1) is 5.10 Å². The summed E-state index contributed by atoms with van der Waals surface area (Å²) in [6.07, 6.45) is -4.38. The lowest BCUT2D eigenvalue weighted by Gasteiger charge is -2.19. The summed E-state index contributed by atoms with van der Waals surface area (Å²) in [5, 5.41) is 16.0. The van der Waals surface area contributed by atoms with Gasteiger partial charge < -0.3 is 4.52 Å². The van der Waals surface area contributed by atoms with Crippen molar-refractivity contribution in [1.82, 2.24) is 30.3 Å². The molecule has 26 heavy (non-hydrogen) atoms. The minimum Gasteiger partial charge on any atom is -0.338 e. The quantitative estimate of drug-likeness (QED) is 0.633. The van der Waals surface area contributed by atoms with Gasteiger partial charge >= 0.3 is 6.18 Å². The molecule has 7 nitrogen and oxygen atoms in total. The highest BCUT2D eigenvalue weighted by atomic mass is 32.2. The Bertz CT molecular complexity index is 882. The molecule has 2 heterocycles. The molecule has 0 N–H and O–H groups in total. The molecule has 0 fully saturated rings. The summed E-state index contributed by atoms with van der Waals surface area (Å²) in [4.78, 5) is 4.21. The van der Waals surface area contributed by atoms with Crippen LogP contribution in [0.15, 0.2) is 33.9 Å². The van der Waals surface area contributed by atoms with Crippen molar-refractivity contribution in [2.45, 2.75) is 43.4 Å². The van der Waals surface area contributed by atoms with E-state index in [0.29, 0.717) is 22.4 Å². The van der Waals surface area contributed by atoms with Crippen molar-refractivity contribution in [3.63, 3.8) is 0 Å². The van der Waals surface area contributed by atoms with E-state index in [1.807, 2.05) is 20.8 Å². The monoisotopic (exact) mass is 384 g/mol. The SMILES string of the molecule is CC(C)(C)n1nnnc1SCc1nc(-c2ccc(C(F)(F)F)cc2)no1. The van der Waals surface area contributed by atoms with Gasteiger partial charge in [-0.25, -0.2) is 4.68 Å². The molecule has 1 aromatic carbocycles. The second kappa shape index (κ2) is 6.71. The Hall–Kier alpha value is -2.43. The van der Waals surface area contributed by atoms with Crippen LogP contribution in [0.1, 0.15) is 32.2 Å². The van der Waals surface area contributed by atoms with Crippen LogP contribution in [0.3, 0.4) is 0 Å². The van der Waals surface area contributed by atoms with E-state index in [4.69, 9.17) is 4.52 Å². The predicted molar refractivity (Wildman–Crippen MR) is 87.1 cm³/mol. The first-order valence-electron chi connectivity index (χ1n) is 7.56. The molecular weight excluding hydrogens is 369 g/mol. The fourth-order valence-corrected chi connectivity index (χ4v) is 2.95. The summed E-state index contributed by atoms with van der Waals surface area (Å²) < 4.78 is 44.7. The number of nitrogens with zero attached hydrogens (tertiary/aromatic N) is 6. The van der Waals surface area contributed by atoms with Crippen molar-refractivity contribution in [2.24, 2.45) is 0 Å². The highest BCUT2D eigenvalue weighted by Crippen LogP contribution is 2.31. The molecule has 0 saturated heterocycles. The molecule has 2 aromatic heterocycles. The van der Waals surface area contributed by atoms with Crippen LogP contribution in [-0.2, 0) is 17.5 Å². The second-order valence-electron chi connectivity index (χ2n) is 6.42. The Labute approximate surface area is 151 Å². The summed E-state index contributed by atoms with van der Waals surface area (Å²) >= 11 is 1.33. The van der Waals surface area contributed by atoms with Crippen LogP contribution in [0.2, 0.25) is 0 Å². The molecule has 0 spiro atoms. The number of aromatic nitrogens is 6. The topological polar surface area (TPSA) is 82.5 Å². The van der Waals surface area contributed by atoms with Crippen LogP contribution in [0.25, 0.3) is 11.4 Å². The molecule has 3 aromatic rings. The third kappa shape index (κ3) is 4.03. The van der Waals surface area contributed by atoms with Crippen molar-refractivity contribution in [3.05, 3.63) is 35.7 Å². The van der Waals surface area contributed by atoms with Crippen LogP contribution in [0, 0.1) is 0 Å².